The molecule has 22 heavy (non-hydrogen) atoms. The van der Waals surface area contributed by atoms with E-state index < -0.39 is 6.03 Å². The minimum Gasteiger partial charge on any atom is -0.457 e. The standard InChI is InChI=1S/C17H19N3O2/c1-11-5-4-6-16(12(11)2)22-15-9-7-14(8-10-15)20(13(3)18)17(19)21/h4-10,18H,1-3H3,(H2,19,21). The normalized spacial score (nSPS) is 10.1. The first-order valence-electron chi connectivity index (χ1n) is 6.89. The lowest BCUT2D eigenvalue weighted by atomic mass is 10.1. The van der Waals surface area contributed by atoms with Crippen LogP contribution in [-0.4, -0.2) is 11.9 Å². The maximum absolute atomic E-state index is 11.4. The van der Waals surface area contributed by atoms with Crippen LogP contribution in [0.4, 0.5) is 10.5 Å². The van der Waals surface area contributed by atoms with Crippen molar-refractivity contribution in [3.63, 3.8) is 0 Å². The number of amidine groups is 1. The lowest BCUT2D eigenvalue weighted by molar-refractivity contribution is 0.256. The third-order valence-corrected chi connectivity index (χ3v) is 3.43. The van der Waals surface area contributed by atoms with Crippen LogP contribution in [-0.2, 0) is 0 Å². The van der Waals surface area contributed by atoms with E-state index in [9.17, 15) is 4.79 Å². The molecule has 0 aliphatic rings. The number of nitrogens with two attached hydrogens (primary N) is 1. The monoisotopic (exact) mass is 297 g/mol. The summed E-state index contributed by atoms with van der Waals surface area (Å²) < 4.78 is 5.86. The number of hydrogen-bond donors (Lipinski definition) is 2. The van der Waals surface area contributed by atoms with E-state index in [1.807, 2.05) is 32.0 Å². The molecule has 0 aromatic heterocycles. The minimum absolute atomic E-state index is 0.0655. The Kier molecular flexibility index (Phi) is 4.46. The van der Waals surface area contributed by atoms with E-state index in [-0.39, 0.29) is 5.84 Å². The van der Waals surface area contributed by atoms with E-state index >= 15 is 0 Å². The van der Waals surface area contributed by atoms with Crippen molar-refractivity contribution in [3.05, 3.63) is 53.6 Å². The van der Waals surface area contributed by atoms with Gasteiger partial charge in [-0.25, -0.2) is 4.79 Å². The van der Waals surface area contributed by atoms with Crippen LogP contribution in [0.3, 0.4) is 0 Å². The van der Waals surface area contributed by atoms with Gasteiger partial charge in [-0.1, -0.05) is 12.1 Å². The van der Waals surface area contributed by atoms with Gasteiger partial charge in [0.2, 0.25) is 0 Å². The number of carbonyl (C=O) groups is 1. The van der Waals surface area contributed by atoms with Gasteiger partial charge in [-0.3, -0.25) is 10.3 Å². The maximum atomic E-state index is 11.4. The summed E-state index contributed by atoms with van der Waals surface area (Å²) in [5, 5.41) is 7.60. The number of amides is 2. The number of aryl methyl sites for hydroxylation is 1. The predicted molar refractivity (Wildman–Crippen MR) is 87.9 cm³/mol. The summed E-state index contributed by atoms with van der Waals surface area (Å²) in [6.07, 6.45) is 0. The number of urea groups is 1. The lowest BCUT2D eigenvalue weighted by Crippen LogP contribution is -2.38. The predicted octanol–water partition coefficient (Wildman–Crippen LogP) is 3.98. The molecule has 0 spiro atoms. The zero-order valence-electron chi connectivity index (χ0n) is 12.9. The molecule has 5 heteroatoms. The SMILES string of the molecule is CC(=N)N(C(N)=O)c1ccc(Oc2cccc(C)c2C)cc1. The first-order chi connectivity index (χ1) is 10.4. The summed E-state index contributed by atoms with van der Waals surface area (Å²) in [6.45, 7) is 5.54. The smallest absolute Gasteiger partial charge is 0.324 e. The van der Waals surface area contributed by atoms with E-state index in [1.54, 1.807) is 24.3 Å². The van der Waals surface area contributed by atoms with E-state index in [0.29, 0.717) is 11.4 Å². The Morgan fingerprint density at radius 3 is 2.32 bits per heavy atom. The zero-order chi connectivity index (χ0) is 16.3. The number of nitrogens with zero attached hydrogens (tertiary/aromatic N) is 1. The number of hydrogen-bond acceptors (Lipinski definition) is 3. The van der Waals surface area contributed by atoms with Gasteiger partial charge in [-0.2, -0.15) is 0 Å². The zero-order valence-corrected chi connectivity index (χ0v) is 12.9. The summed E-state index contributed by atoms with van der Waals surface area (Å²) in [4.78, 5) is 12.5. The molecule has 0 atom stereocenters. The highest BCUT2D eigenvalue weighted by atomic mass is 16.5. The van der Waals surface area contributed by atoms with Crippen molar-refractivity contribution in [2.75, 3.05) is 4.90 Å². The number of benzene rings is 2. The molecule has 3 N–H and O–H groups in total. The van der Waals surface area contributed by atoms with E-state index in [2.05, 4.69) is 0 Å². The fraction of sp³-hybridized carbons (Fsp3) is 0.176. The molecule has 2 aromatic carbocycles. The van der Waals surface area contributed by atoms with Gasteiger partial charge < -0.3 is 10.5 Å². The van der Waals surface area contributed by atoms with Gasteiger partial charge >= 0.3 is 6.03 Å². The molecular weight excluding hydrogens is 278 g/mol. The van der Waals surface area contributed by atoms with Gasteiger partial charge in [-0.05, 0) is 62.2 Å². The highest BCUT2D eigenvalue weighted by Gasteiger charge is 2.14. The Labute approximate surface area is 129 Å². The highest BCUT2D eigenvalue weighted by Crippen LogP contribution is 2.28. The molecular formula is C17H19N3O2. The number of nitrogens with one attached hydrogen (secondary N) is 1. The second-order valence-corrected chi connectivity index (χ2v) is 5.05. The molecule has 2 aromatic rings. The average molecular weight is 297 g/mol. The van der Waals surface area contributed by atoms with E-state index in [1.165, 1.54) is 6.92 Å². The lowest BCUT2D eigenvalue weighted by Gasteiger charge is -2.19. The van der Waals surface area contributed by atoms with Gasteiger partial charge in [0, 0.05) is 0 Å². The van der Waals surface area contributed by atoms with Crippen LogP contribution in [0.1, 0.15) is 18.1 Å². The topological polar surface area (TPSA) is 79.4 Å². The summed E-state index contributed by atoms with van der Waals surface area (Å²) in [5.41, 5.74) is 8.06. The molecule has 0 aliphatic carbocycles. The van der Waals surface area contributed by atoms with Gasteiger partial charge in [-0.15, -0.1) is 0 Å². The van der Waals surface area contributed by atoms with E-state index in [0.717, 1.165) is 21.8 Å². The molecule has 2 amide bonds. The Bertz CT molecular complexity index is 694. The second-order valence-electron chi connectivity index (χ2n) is 5.05. The van der Waals surface area contributed by atoms with Crippen LogP contribution in [0.5, 0.6) is 11.5 Å². The van der Waals surface area contributed by atoms with Gasteiger partial charge in [0.05, 0.1) is 5.69 Å². The minimum atomic E-state index is -0.685. The molecule has 0 fully saturated rings. The number of carbonyl (C=O) groups excluding carboxylic acids is 1. The highest BCUT2D eigenvalue weighted by molar-refractivity contribution is 6.13. The molecule has 5 nitrogen and oxygen atoms in total. The largest absolute Gasteiger partial charge is 0.457 e. The van der Waals surface area contributed by atoms with Gasteiger partial charge in [0.25, 0.3) is 0 Å². The van der Waals surface area contributed by atoms with Crippen LogP contribution in [0.25, 0.3) is 0 Å². The summed E-state index contributed by atoms with van der Waals surface area (Å²) >= 11 is 0. The molecule has 0 saturated carbocycles. The Morgan fingerprint density at radius 2 is 1.77 bits per heavy atom. The van der Waals surface area contributed by atoms with E-state index in [4.69, 9.17) is 15.9 Å². The van der Waals surface area contributed by atoms with Crippen LogP contribution < -0.4 is 15.4 Å². The molecule has 0 saturated heterocycles. The molecule has 0 unspecified atom stereocenters. The number of anilines is 1. The average Bonchev–Trinajstić information content (AvgIpc) is 2.45. The molecule has 0 aliphatic heterocycles. The van der Waals surface area contributed by atoms with Crippen molar-refractivity contribution in [1.82, 2.24) is 0 Å². The molecule has 2 rings (SSSR count). The van der Waals surface area contributed by atoms with Crippen molar-refractivity contribution >= 4 is 17.6 Å². The van der Waals surface area contributed by atoms with Crippen molar-refractivity contribution in [3.8, 4) is 11.5 Å². The van der Waals surface area contributed by atoms with Crippen LogP contribution in [0.2, 0.25) is 0 Å². The molecule has 114 valence electrons. The fourth-order valence-corrected chi connectivity index (χ4v) is 2.11. The van der Waals surface area contributed by atoms with Gasteiger partial charge in [0.1, 0.15) is 17.3 Å². The van der Waals surface area contributed by atoms with Crippen molar-refractivity contribution in [2.24, 2.45) is 5.73 Å². The number of rotatable bonds is 3. The quantitative estimate of drug-likeness (QED) is 0.664. The first kappa shape index (κ1) is 15.6. The number of ether oxygens (including phenoxy) is 1. The Morgan fingerprint density at radius 1 is 1.14 bits per heavy atom. The fourth-order valence-electron chi connectivity index (χ4n) is 2.11. The maximum Gasteiger partial charge on any atom is 0.324 e. The molecule has 0 bridgehead atoms. The summed E-state index contributed by atoms with van der Waals surface area (Å²) in [7, 11) is 0. The third-order valence-electron chi connectivity index (χ3n) is 3.43. The van der Waals surface area contributed by atoms with Crippen molar-refractivity contribution < 1.29 is 9.53 Å². The summed E-state index contributed by atoms with van der Waals surface area (Å²) in [6, 6.07) is 12.1. The van der Waals surface area contributed by atoms with Gasteiger partial charge in [0.15, 0.2) is 0 Å². The van der Waals surface area contributed by atoms with Crippen LogP contribution in [0, 0.1) is 19.3 Å². The van der Waals surface area contributed by atoms with Crippen LogP contribution >= 0.6 is 0 Å². The molecule has 0 heterocycles. The van der Waals surface area contributed by atoms with Crippen LogP contribution in [0.15, 0.2) is 42.5 Å². The number of primary amides is 1. The third kappa shape index (κ3) is 3.25. The Balaban J connectivity index is 2.24. The van der Waals surface area contributed by atoms with Crippen molar-refractivity contribution in [1.29, 1.82) is 5.41 Å². The second kappa shape index (κ2) is 6.30. The molecule has 0 radical (unpaired) electrons. The Hall–Kier alpha value is -2.82. The first-order valence-corrected chi connectivity index (χ1v) is 6.89. The summed E-state index contributed by atoms with van der Waals surface area (Å²) in [5.74, 6) is 1.52. The van der Waals surface area contributed by atoms with Crippen molar-refractivity contribution in [2.45, 2.75) is 20.8 Å².